The third-order valence-electron chi connectivity index (χ3n) is 3.64. The van der Waals surface area contributed by atoms with Crippen LogP contribution < -0.4 is 0 Å². The minimum atomic E-state index is 0.808. The number of allylic oxidation sites excluding steroid dienone is 2. The molecule has 2 aliphatic rings. The van der Waals surface area contributed by atoms with E-state index in [1.165, 1.54) is 11.1 Å². The zero-order chi connectivity index (χ0) is 13.9. The Labute approximate surface area is 119 Å². The SMILES string of the molecule is C/C=C1/N=C(N2CCc3ccccc3C2)N=C1C=NC. The van der Waals surface area contributed by atoms with Gasteiger partial charge >= 0.3 is 0 Å². The van der Waals surface area contributed by atoms with E-state index in [9.17, 15) is 0 Å². The van der Waals surface area contributed by atoms with Crippen molar-refractivity contribution in [2.45, 2.75) is 19.9 Å². The largest absolute Gasteiger partial charge is 0.336 e. The second-order valence-electron chi connectivity index (χ2n) is 4.91. The lowest BCUT2D eigenvalue weighted by atomic mass is 10.0. The fourth-order valence-corrected chi connectivity index (χ4v) is 2.59. The van der Waals surface area contributed by atoms with Crippen LogP contribution in [0.3, 0.4) is 0 Å². The van der Waals surface area contributed by atoms with Crippen LogP contribution in [0, 0.1) is 0 Å². The van der Waals surface area contributed by atoms with Crippen molar-refractivity contribution in [3.05, 3.63) is 47.2 Å². The van der Waals surface area contributed by atoms with E-state index in [1.807, 2.05) is 13.0 Å². The van der Waals surface area contributed by atoms with Crippen LogP contribution in [0.4, 0.5) is 0 Å². The molecular weight excluding hydrogens is 248 g/mol. The average Bonchev–Trinajstić information content (AvgIpc) is 2.90. The van der Waals surface area contributed by atoms with Gasteiger partial charge in [-0.1, -0.05) is 30.3 Å². The Morgan fingerprint density at radius 3 is 2.75 bits per heavy atom. The first-order chi connectivity index (χ1) is 9.81. The molecule has 0 spiro atoms. The molecule has 0 unspecified atom stereocenters. The standard InChI is InChI=1S/C16H18N4/c1-3-14-15(10-17-2)19-16(18-14)20-9-8-12-6-4-5-7-13(12)11-20/h3-7,10H,8-9,11H2,1-2H3/b14-3+,17-10?. The van der Waals surface area contributed by atoms with Gasteiger partial charge in [0.05, 0.1) is 5.70 Å². The quantitative estimate of drug-likeness (QED) is 0.720. The number of aliphatic imine (C=N–C) groups is 3. The molecule has 20 heavy (non-hydrogen) atoms. The van der Waals surface area contributed by atoms with Gasteiger partial charge in [-0.3, -0.25) is 4.99 Å². The number of hydrogen-bond acceptors (Lipinski definition) is 4. The summed E-state index contributed by atoms with van der Waals surface area (Å²) in [5.41, 5.74) is 4.57. The third kappa shape index (κ3) is 2.29. The number of guanidine groups is 1. The third-order valence-corrected chi connectivity index (χ3v) is 3.64. The van der Waals surface area contributed by atoms with Gasteiger partial charge in [-0.25, -0.2) is 9.98 Å². The summed E-state index contributed by atoms with van der Waals surface area (Å²) in [6.45, 7) is 3.82. The molecule has 2 heterocycles. The summed E-state index contributed by atoms with van der Waals surface area (Å²) in [5, 5.41) is 0. The molecule has 4 heteroatoms. The Hall–Kier alpha value is -2.23. The predicted octanol–water partition coefficient (Wildman–Crippen LogP) is 2.46. The van der Waals surface area contributed by atoms with Gasteiger partial charge in [0.15, 0.2) is 0 Å². The lowest BCUT2D eigenvalue weighted by Gasteiger charge is -2.28. The molecule has 0 aliphatic carbocycles. The first-order valence-electron chi connectivity index (χ1n) is 6.90. The predicted molar refractivity (Wildman–Crippen MR) is 83.6 cm³/mol. The smallest absolute Gasteiger partial charge is 0.226 e. The van der Waals surface area contributed by atoms with Gasteiger partial charge in [0.2, 0.25) is 5.96 Å². The summed E-state index contributed by atoms with van der Waals surface area (Å²) in [6, 6.07) is 8.59. The molecule has 0 radical (unpaired) electrons. The maximum Gasteiger partial charge on any atom is 0.226 e. The molecule has 0 N–H and O–H groups in total. The molecular formula is C16H18N4. The van der Waals surface area contributed by atoms with E-state index >= 15 is 0 Å². The van der Waals surface area contributed by atoms with Crippen LogP contribution in [0.2, 0.25) is 0 Å². The first-order valence-corrected chi connectivity index (χ1v) is 6.90. The van der Waals surface area contributed by atoms with Crippen molar-refractivity contribution in [1.82, 2.24) is 4.90 Å². The van der Waals surface area contributed by atoms with Gasteiger partial charge in [-0.05, 0) is 24.5 Å². The van der Waals surface area contributed by atoms with E-state index in [2.05, 4.69) is 44.1 Å². The molecule has 0 saturated carbocycles. The topological polar surface area (TPSA) is 40.3 Å². The molecule has 0 fully saturated rings. The van der Waals surface area contributed by atoms with Crippen molar-refractivity contribution < 1.29 is 0 Å². The van der Waals surface area contributed by atoms with Crippen molar-refractivity contribution in [3.8, 4) is 0 Å². The minimum Gasteiger partial charge on any atom is -0.336 e. The zero-order valence-electron chi connectivity index (χ0n) is 11.9. The van der Waals surface area contributed by atoms with Crippen molar-refractivity contribution in [3.63, 3.8) is 0 Å². The molecule has 102 valence electrons. The molecule has 1 aromatic rings. The van der Waals surface area contributed by atoms with Crippen LogP contribution in [0.25, 0.3) is 0 Å². The Morgan fingerprint density at radius 1 is 1.20 bits per heavy atom. The molecule has 4 nitrogen and oxygen atoms in total. The van der Waals surface area contributed by atoms with Crippen LogP contribution in [-0.4, -0.2) is 36.4 Å². The molecule has 0 bridgehead atoms. The van der Waals surface area contributed by atoms with Crippen LogP contribution in [-0.2, 0) is 13.0 Å². The highest BCUT2D eigenvalue weighted by Gasteiger charge is 2.23. The lowest BCUT2D eigenvalue weighted by Crippen LogP contribution is -2.34. The summed E-state index contributed by atoms with van der Waals surface area (Å²) in [4.78, 5) is 15.5. The highest BCUT2D eigenvalue weighted by Crippen LogP contribution is 2.21. The van der Waals surface area contributed by atoms with Crippen LogP contribution >= 0.6 is 0 Å². The van der Waals surface area contributed by atoms with Gasteiger partial charge in [-0.2, -0.15) is 0 Å². The second kappa shape index (κ2) is 5.41. The number of nitrogens with zero attached hydrogens (tertiary/aromatic N) is 4. The molecule has 1 aromatic carbocycles. The fourth-order valence-electron chi connectivity index (χ4n) is 2.59. The van der Waals surface area contributed by atoms with E-state index in [0.29, 0.717) is 0 Å². The molecule has 0 aromatic heterocycles. The number of fused-ring (bicyclic) bond motifs is 1. The van der Waals surface area contributed by atoms with Gasteiger partial charge in [0.1, 0.15) is 5.71 Å². The van der Waals surface area contributed by atoms with Crippen molar-refractivity contribution in [1.29, 1.82) is 0 Å². The Kier molecular flexibility index (Phi) is 3.46. The van der Waals surface area contributed by atoms with E-state index in [-0.39, 0.29) is 0 Å². The zero-order valence-corrected chi connectivity index (χ0v) is 11.9. The van der Waals surface area contributed by atoms with Gasteiger partial charge in [0, 0.05) is 26.4 Å². The summed E-state index contributed by atoms with van der Waals surface area (Å²) in [7, 11) is 1.75. The fraction of sp³-hybridized carbons (Fsp3) is 0.312. The molecule has 0 amide bonds. The number of benzene rings is 1. The maximum atomic E-state index is 4.61. The number of rotatable bonds is 1. The molecule has 2 aliphatic heterocycles. The molecule has 0 saturated heterocycles. The van der Waals surface area contributed by atoms with E-state index in [0.717, 1.165) is 36.9 Å². The normalized spacial score (nSPS) is 20.3. The van der Waals surface area contributed by atoms with E-state index < -0.39 is 0 Å². The van der Waals surface area contributed by atoms with Gasteiger partial charge in [0.25, 0.3) is 0 Å². The summed E-state index contributed by atoms with van der Waals surface area (Å²) in [6.07, 6.45) is 4.79. The van der Waals surface area contributed by atoms with Crippen molar-refractivity contribution in [2.75, 3.05) is 13.6 Å². The Bertz CT molecular complexity index is 638. The number of hydrogen-bond donors (Lipinski definition) is 0. The first kappa shape index (κ1) is 12.8. The summed E-state index contributed by atoms with van der Waals surface area (Å²) < 4.78 is 0. The van der Waals surface area contributed by atoms with E-state index in [1.54, 1.807) is 13.3 Å². The summed E-state index contributed by atoms with van der Waals surface area (Å²) >= 11 is 0. The Balaban J connectivity index is 1.86. The second-order valence-corrected chi connectivity index (χ2v) is 4.91. The lowest BCUT2D eigenvalue weighted by molar-refractivity contribution is 0.390. The molecule has 0 atom stereocenters. The minimum absolute atomic E-state index is 0.808. The monoisotopic (exact) mass is 266 g/mol. The van der Waals surface area contributed by atoms with Crippen molar-refractivity contribution >= 4 is 17.9 Å². The maximum absolute atomic E-state index is 4.61. The highest BCUT2D eigenvalue weighted by molar-refractivity contribution is 6.41. The Morgan fingerprint density at radius 2 is 2.00 bits per heavy atom. The van der Waals surface area contributed by atoms with Gasteiger partial charge in [-0.15, -0.1) is 0 Å². The van der Waals surface area contributed by atoms with Crippen molar-refractivity contribution in [2.24, 2.45) is 15.0 Å². The van der Waals surface area contributed by atoms with E-state index in [4.69, 9.17) is 0 Å². The highest BCUT2D eigenvalue weighted by atomic mass is 15.3. The molecule has 3 rings (SSSR count). The van der Waals surface area contributed by atoms with Crippen LogP contribution in [0.15, 0.2) is 51.0 Å². The van der Waals surface area contributed by atoms with Crippen LogP contribution in [0.5, 0.6) is 0 Å². The average molecular weight is 266 g/mol. The summed E-state index contributed by atoms with van der Waals surface area (Å²) in [5.74, 6) is 0.808. The van der Waals surface area contributed by atoms with Crippen LogP contribution in [0.1, 0.15) is 18.1 Å². The van der Waals surface area contributed by atoms with Gasteiger partial charge < -0.3 is 4.90 Å².